The number of amides is 2. The molecule has 1 atom stereocenters. The van der Waals surface area contributed by atoms with Crippen molar-refractivity contribution in [2.24, 2.45) is 4.99 Å². The van der Waals surface area contributed by atoms with Crippen LogP contribution in [0.4, 0.5) is 13.6 Å². The summed E-state index contributed by atoms with van der Waals surface area (Å²) < 4.78 is 32.8. The van der Waals surface area contributed by atoms with Crippen molar-refractivity contribution >= 4 is 17.8 Å². The number of carbonyl (C=O) groups is 2. The molecule has 4 rings (SSSR count). The molecule has 3 aliphatic heterocycles. The molecule has 0 saturated carbocycles. The smallest absolute Gasteiger partial charge is 0.410 e. The van der Waals surface area contributed by atoms with E-state index in [0.29, 0.717) is 50.2 Å². The van der Waals surface area contributed by atoms with Gasteiger partial charge in [-0.1, -0.05) is 0 Å². The van der Waals surface area contributed by atoms with Crippen molar-refractivity contribution in [1.82, 2.24) is 9.80 Å². The lowest BCUT2D eigenvalue weighted by Gasteiger charge is -2.37. The molecule has 2 amide bonds. The molecular formula is C21H25F2N3O3. The summed E-state index contributed by atoms with van der Waals surface area (Å²) in [4.78, 5) is 33.6. The summed E-state index contributed by atoms with van der Waals surface area (Å²) in [5.41, 5.74) is -1.02. The van der Waals surface area contributed by atoms with Crippen LogP contribution in [0.25, 0.3) is 0 Å². The van der Waals surface area contributed by atoms with Gasteiger partial charge in [-0.25, -0.2) is 13.6 Å². The van der Waals surface area contributed by atoms with E-state index in [1.54, 1.807) is 9.80 Å². The van der Waals surface area contributed by atoms with Gasteiger partial charge < -0.3 is 9.64 Å². The second kappa shape index (κ2) is 6.78. The average Bonchev–Trinajstić information content (AvgIpc) is 3.12. The highest BCUT2D eigenvalue weighted by molar-refractivity contribution is 6.09. The van der Waals surface area contributed by atoms with Gasteiger partial charge in [0, 0.05) is 25.6 Å². The molecule has 1 aromatic rings. The number of ether oxygens (including phenoxy) is 1. The van der Waals surface area contributed by atoms with Crippen LogP contribution in [0.15, 0.2) is 23.2 Å². The number of aliphatic imine (C=N–C) groups is 1. The largest absolute Gasteiger partial charge is 0.444 e. The molecular weight excluding hydrogens is 380 g/mol. The Morgan fingerprint density at radius 1 is 1.17 bits per heavy atom. The van der Waals surface area contributed by atoms with Gasteiger partial charge in [0.25, 0.3) is 5.91 Å². The summed E-state index contributed by atoms with van der Waals surface area (Å²) in [6.07, 6.45) is 1.61. The van der Waals surface area contributed by atoms with Gasteiger partial charge in [0.2, 0.25) is 0 Å². The maximum absolute atomic E-state index is 13.7. The zero-order chi connectivity index (χ0) is 21.0. The maximum Gasteiger partial charge on any atom is 0.410 e. The van der Waals surface area contributed by atoms with E-state index in [-0.39, 0.29) is 12.0 Å². The van der Waals surface area contributed by atoms with Crippen LogP contribution in [0, 0.1) is 11.6 Å². The number of fused-ring (bicyclic) bond motifs is 1. The second-order valence-corrected chi connectivity index (χ2v) is 8.96. The third kappa shape index (κ3) is 3.60. The lowest BCUT2D eigenvalue weighted by Crippen LogP contribution is -2.52. The standard InChI is InChI=1S/C21H25F2N3O3/c1-20(2,3)29-19(28)25-8-6-21(7-9-25)18(27)26-16(4-5-17(26)24-21)13-10-14(22)12-15(23)11-13/h10-12,16H,4-9H2,1-3H3. The molecule has 1 spiro atoms. The highest BCUT2D eigenvalue weighted by Crippen LogP contribution is 2.44. The summed E-state index contributed by atoms with van der Waals surface area (Å²) in [6.45, 7) is 6.20. The molecule has 0 aromatic heterocycles. The quantitative estimate of drug-likeness (QED) is 0.714. The SMILES string of the molecule is CC(C)(C)OC(=O)N1CCC2(CC1)N=C1CCC(c3cc(F)cc(F)c3)N1C2=O. The van der Waals surface area contributed by atoms with E-state index in [4.69, 9.17) is 9.73 Å². The first-order valence-electron chi connectivity index (χ1n) is 9.94. The molecule has 1 unspecified atom stereocenters. The van der Waals surface area contributed by atoms with Crippen molar-refractivity contribution < 1.29 is 23.1 Å². The molecule has 156 valence electrons. The van der Waals surface area contributed by atoms with Gasteiger partial charge in [-0.15, -0.1) is 0 Å². The molecule has 3 heterocycles. The van der Waals surface area contributed by atoms with E-state index in [9.17, 15) is 18.4 Å². The number of nitrogens with zero attached hydrogens (tertiary/aromatic N) is 3. The zero-order valence-corrected chi connectivity index (χ0v) is 16.9. The third-order valence-corrected chi connectivity index (χ3v) is 5.70. The van der Waals surface area contributed by atoms with Gasteiger partial charge >= 0.3 is 6.09 Å². The molecule has 2 saturated heterocycles. The van der Waals surface area contributed by atoms with Crippen LogP contribution >= 0.6 is 0 Å². The predicted molar refractivity (Wildman–Crippen MR) is 102 cm³/mol. The topological polar surface area (TPSA) is 62.2 Å². The highest BCUT2D eigenvalue weighted by Gasteiger charge is 2.54. The van der Waals surface area contributed by atoms with Crippen molar-refractivity contribution in [1.29, 1.82) is 0 Å². The first-order chi connectivity index (χ1) is 13.6. The van der Waals surface area contributed by atoms with Gasteiger partial charge in [0.1, 0.15) is 28.6 Å². The lowest BCUT2D eigenvalue weighted by atomic mass is 9.87. The van der Waals surface area contributed by atoms with E-state index < -0.39 is 28.8 Å². The van der Waals surface area contributed by atoms with Crippen molar-refractivity contribution in [3.05, 3.63) is 35.4 Å². The van der Waals surface area contributed by atoms with Crippen LogP contribution in [-0.2, 0) is 9.53 Å². The van der Waals surface area contributed by atoms with Crippen LogP contribution < -0.4 is 0 Å². The summed E-state index contributed by atoms with van der Waals surface area (Å²) in [5, 5.41) is 0. The molecule has 8 heteroatoms. The molecule has 6 nitrogen and oxygen atoms in total. The number of halogens is 2. The Labute approximate surface area is 168 Å². The highest BCUT2D eigenvalue weighted by atomic mass is 19.1. The number of hydrogen-bond donors (Lipinski definition) is 0. The second-order valence-electron chi connectivity index (χ2n) is 8.96. The van der Waals surface area contributed by atoms with Crippen LogP contribution in [-0.4, -0.2) is 51.9 Å². The minimum atomic E-state index is -0.890. The minimum Gasteiger partial charge on any atom is -0.444 e. The fraction of sp³-hybridized carbons (Fsp3) is 0.571. The van der Waals surface area contributed by atoms with E-state index in [2.05, 4.69) is 0 Å². The van der Waals surface area contributed by atoms with Gasteiger partial charge in [-0.3, -0.25) is 14.7 Å². The van der Waals surface area contributed by atoms with E-state index in [1.807, 2.05) is 20.8 Å². The van der Waals surface area contributed by atoms with Gasteiger partial charge in [-0.05, 0) is 57.7 Å². The third-order valence-electron chi connectivity index (χ3n) is 5.70. The number of likely N-dealkylation sites (tertiary alicyclic amines) is 1. The van der Waals surface area contributed by atoms with Crippen LogP contribution in [0.5, 0.6) is 0 Å². The van der Waals surface area contributed by atoms with Gasteiger partial charge in [0.05, 0.1) is 6.04 Å². The fourth-order valence-electron chi connectivity index (χ4n) is 4.38. The average molecular weight is 405 g/mol. The lowest BCUT2D eigenvalue weighted by molar-refractivity contribution is -0.134. The molecule has 0 N–H and O–H groups in total. The molecule has 2 fully saturated rings. The Balaban J connectivity index is 1.50. The van der Waals surface area contributed by atoms with Gasteiger partial charge in [0.15, 0.2) is 0 Å². The molecule has 0 bridgehead atoms. The predicted octanol–water partition coefficient (Wildman–Crippen LogP) is 3.81. The number of piperidine rings is 1. The van der Waals surface area contributed by atoms with Crippen LogP contribution in [0.2, 0.25) is 0 Å². The molecule has 1 aromatic carbocycles. The van der Waals surface area contributed by atoms with E-state index in [1.165, 1.54) is 12.1 Å². The monoisotopic (exact) mass is 405 g/mol. The molecule has 0 aliphatic carbocycles. The zero-order valence-electron chi connectivity index (χ0n) is 16.9. The maximum atomic E-state index is 13.7. The Bertz CT molecular complexity index is 865. The van der Waals surface area contributed by atoms with E-state index >= 15 is 0 Å². The van der Waals surface area contributed by atoms with E-state index in [0.717, 1.165) is 6.07 Å². The summed E-state index contributed by atoms with van der Waals surface area (Å²) in [5.74, 6) is -0.770. The van der Waals surface area contributed by atoms with Crippen LogP contribution in [0.3, 0.4) is 0 Å². The Kier molecular flexibility index (Phi) is 4.63. The summed E-state index contributed by atoms with van der Waals surface area (Å²) >= 11 is 0. The first kappa shape index (κ1) is 19.8. The number of rotatable bonds is 1. The number of carbonyl (C=O) groups excluding carboxylic acids is 2. The Morgan fingerprint density at radius 2 is 1.79 bits per heavy atom. The Hall–Kier alpha value is -2.51. The normalized spacial score (nSPS) is 23.4. The van der Waals surface area contributed by atoms with Crippen molar-refractivity contribution in [2.75, 3.05) is 13.1 Å². The van der Waals surface area contributed by atoms with Crippen molar-refractivity contribution in [3.63, 3.8) is 0 Å². The molecule has 0 radical (unpaired) electrons. The van der Waals surface area contributed by atoms with Crippen molar-refractivity contribution in [3.8, 4) is 0 Å². The summed E-state index contributed by atoms with van der Waals surface area (Å²) in [7, 11) is 0. The first-order valence-corrected chi connectivity index (χ1v) is 9.94. The number of amidine groups is 1. The molecule has 3 aliphatic rings. The van der Waals surface area contributed by atoms with Crippen LogP contribution in [0.1, 0.15) is 58.1 Å². The number of hydrogen-bond acceptors (Lipinski definition) is 4. The fourth-order valence-corrected chi connectivity index (χ4v) is 4.38. The van der Waals surface area contributed by atoms with Gasteiger partial charge in [-0.2, -0.15) is 0 Å². The minimum absolute atomic E-state index is 0.136. The van der Waals surface area contributed by atoms with Crippen molar-refractivity contribution in [2.45, 2.75) is 63.6 Å². The Morgan fingerprint density at radius 3 is 2.38 bits per heavy atom. The number of benzene rings is 1. The summed E-state index contributed by atoms with van der Waals surface area (Å²) in [6, 6.07) is 2.97. The molecule has 29 heavy (non-hydrogen) atoms.